The van der Waals surface area contributed by atoms with Crippen molar-refractivity contribution in [2.24, 2.45) is 0 Å². The van der Waals surface area contributed by atoms with Gasteiger partial charge < -0.3 is 9.64 Å². The van der Waals surface area contributed by atoms with Crippen molar-refractivity contribution in [2.75, 3.05) is 14.2 Å². The van der Waals surface area contributed by atoms with Gasteiger partial charge in [0.15, 0.2) is 0 Å². The van der Waals surface area contributed by atoms with E-state index in [1.165, 1.54) is 4.90 Å². The van der Waals surface area contributed by atoms with Gasteiger partial charge in [0.05, 0.1) is 0 Å². The third-order valence-corrected chi connectivity index (χ3v) is 1.20. The molecule has 0 aliphatic heterocycles. The van der Waals surface area contributed by atoms with Crippen LogP contribution in [0.5, 0.6) is 0 Å². The van der Waals surface area contributed by atoms with Crippen molar-refractivity contribution in [3.05, 3.63) is 0 Å². The van der Waals surface area contributed by atoms with Gasteiger partial charge in [-0.1, -0.05) is 6.92 Å². The lowest BCUT2D eigenvalue weighted by molar-refractivity contribution is 0.0160. The van der Waals surface area contributed by atoms with Crippen LogP contribution < -0.4 is 0 Å². The second-order valence-corrected chi connectivity index (χ2v) is 1.80. The monoisotopic (exact) mass is 130 g/mol. The predicted octanol–water partition coefficient (Wildman–Crippen LogP) is 0.368. The molecule has 1 unspecified atom stereocenters. The summed E-state index contributed by atoms with van der Waals surface area (Å²) in [5.74, 6) is 0. The zero-order valence-electron chi connectivity index (χ0n) is 6.05. The van der Waals surface area contributed by atoms with Crippen molar-refractivity contribution in [1.82, 2.24) is 4.90 Å². The first-order valence-corrected chi connectivity index (χ1v) is 2.89. The summed E-state index contributed by atoms with van der Waals surface area (Å²) in [7, 11) is 3.21. The molecule has 0 N–H and O–H groups in total. The minimum absolute atomic E-state index is 0.123. The van der Waals surface area contributed by atoms with Crippen molar-refractivity contribution >= 4 is 6.41 Å². The van der Waals surface area contributed by atoms with Gasteiger partial charge in [-0.2, -0.15) is 0 Å². The number of methoxy groups -OCH3 is 1. The van der Waals surface area contributed by atoms with E-state index in [0.29, 0.717) is 0 Å². The predicted molar refractivity (Wildman–Crippen MR) is 34.5 cm³/mol. The van der Waals surface area contributed by atoms with Gasteiger partial charge in [0.1, 0.15) is 6.23 Å². The number of rotatable bonds is 4. The Balaban J connectivity index is 3.63. The minimum Gasteiger partial charge on any atom is -0.362 e. The number of hydrogen-bond donors (Lipinski definition) is 0. The fraction of sp³-hybridized carbons (Fsp3) is 0.833. The second kappa shape index (κ2) is 4.32. The van der Waals surface area contributed by atoms with E-state index in [9.17, 15) is 4.79 Å². The topological polar surface area (TPSA) is 29.5 Å². The van der Waals surface area contributed by atoms with Crippen LogP contribution in [0.25, 0.3) is 0 Å². The maximum atomic E-state index is 9.98. The molecule has 9 heavy (non-hydrogen) atoms. The molecule has 0 fully saturated rings. The van der Waals surface area contributed by atoms with Gasteiger partial charge in [-0.25, -0.2) is 0 Å². The lowest BCUT2D eigenvalue weighted by Crippen LogP contribution is -2.31. The maximum absolute atomic E-state index is 9.98. The van der Waals surface area contributed by atoms with E-state index in [-0.39, 0.29) is 6.23 Å². The highest BCUT2D eigenvalue weighted by atomic mass is 16.5. The SMILES string of the molecule is CCC(OC)N(C)[C]=O. The largest absolute Gasteiger partial charge is 0.362 e. The van der Waals surface area contributed by atoms with Gasteiger partial charge in [-0.05, 0) is 6.42 Å². The molecule has 3 heteroatoms. The standard InChI is InChI=1S/C6H12NO2/c1-4-6(9-3)7(2)5-8/h6H,4H2,1-3H3. The first-order valence-electron chi connectivity index (χ1n) is 2.89. The Kier molecular flexibility index (Phi) is 4.05. The summed E-state index contributed by atoms with van der Waals surface area (Å²) in [6.07, 6.45) is 2.40. The van der Waals surface area contributed by atoms with Crippen molar-refractivity contribution in [3.8, 4) is 0 Å². The fourth-order valence-corrected chi connectivity index (χ4v) is 0.657. The average molecular weight is 130 g/mol. The first-order chi connectivity index (χ1) is 4.26. The molecule has 0 bridgehead atoms. The van der Waals surface area contributed by atoms with Crippen LogP contribution >= 0.6 is 0 Å². The highest BCUT2D eigenvalue weighted by Crippen LogP contribution is 1.97. The molecule has 0 aliphatic rings. The molecule has 0 aromatic heterocycles. The van der Waals surface area contributed by atoms with Crippen LogP contribution in [0, 0.1) is 0 Å². The molecule has 3 nitrogen and oxygen atoms in total. The smallest absolute Gasteiger partial charge is 0.313 e. The third kappa shape index (κ3) is 2.46. The Labute approximate surface area is 55.6 Å². The van der Waals surface area contributed by atoms with Gasteiger partial charge in [0, 0.05) is 14.2 Å². The Morgan fingerprint density at radius 1 is 1.78 bits per heavy atom. The lowest BCUT2D eigenvalue weighted by atomic mass is 10.4. The Morgan fingerprint density at radius 2 is 2.33 bits per heavy atom. The zero-order valence-corrected chi connectivity index (χ0v) is 6.05. The van der Waals surface area contributed by atoms with E-state index in [4.69, 9.17) is 4.74 Å². The van der Waals surface area contributed by atoms with Crippen LogP contribution in [0.4, 0.5) is 0 Å². The summed E-state index contributed by atoms with van der Waals surface area (Å²) in [5.41, 5.74) is 0. The van der Waals surface area contributed by atoms with Crippen LogP contribution in [0.2, 0.25) is 0 Å². The van der Waals surface area contributed by atoms with Gasteiger partial charge in [-0.3, -0.25) is 4.79 Å². The van der Waals surface area contributed by atoms with Gasteiger partial charge in [0.2, 0.25) is 0 Å². The van der Waals surface area contributed by atoms with Crippen molar-refractivity contribution in [1.29, 1.82) is 0 Å². The van der Waals surface area contributed by atoms with Crippen LogP contribution in [0.3, 0.4) is 0 Å². The van der Waals surface area contributed by atoms with E-state index in [1.54, 1.807) is 20.6 Å². The summed E-state index contributed by atoms with van der Waals surface area (Å²) in [5, 5.41) is 0. The van der Waals surface area contributed by atoms with E-state index in [2.05, 4.69) is 0 Å². The molecule has 0 heterocycles. The molecule has 0 aromatic carbocycles. The Bertz CT molecular complexity index is 81.1. The van der Waals surface area contributed by atoms with Crippen LogP contribution in [0.1, 0.15) is 13.3 Å². The van der Waals surface area contributed by atoms with Gasteiger partial charge in [-0.15, -0.1) is 0 Å². The summed E-state index contributed by atoms with van der Waals surface area (Å²) in [6, 6.07) is 0. The Hall–Kier alpha value is -0.570. The van der Waals surface area contributed by atoms with Crippen molar-refractivity contribution in [3.63, 3.8) is 0 Å². The van der Waals surface area contributed by atoms with Crippen LogP contribution in [0.15, 0.2) is 0 Å². The van der Waals surface area contributed by atoms with Crippen molar-refractivity contribution < 1.29 is 9.53 Å². The first kappa shape index (κ1) is 8.43. The second-order valence-electron chi connectivity index (χ2n) is 1.80. The molecule has 0 aliphatic carbocycles. The summed E-state index contributed by atoms with van der Waals surface area (Å²) in [4.78, 5) is 11.4. The molecule has 0 rings (SSSR count). The maximum Gasteiger partial charge on any atom is 0.313 e. The number of ether oxygens (including phenoxy) is 1. The van der Waals surface area contributed by atoms with E-state index in [1.807, 2.05) is 6.92 Å². The quantitative estimate of drug-likeness (QED) is 0.406. The molecule has 0 saturated heterocycles. The number of carbonyl (C=O) groups excluding carboxylic acids is 1. The number of amides is 1. The minimum atomic E-state index is -0.123. The molecular formula is C6H12NO2. The number of hydrogen-bond acceptors (Lipinski definition) is 2. The molecule has 0 spiro atoms. The molecule has 1 amide bonds. The van der Waals surface area contributed by atoms with Gasteiger partial charge >= 0.3 is 6.41 Å². The molecule has 1 atom stereocenters. The van der Waals surface area contributed by atoms with Crippen LogP contribution in [-0.2, 0) is 9.53 Å². The third-order valence-electron chi connectivity index (χ3n) is 1.20. The highest BCUT2D eigenvalue weighted by Gasteiger charge is 2.07. The average Bonchev–Trinajstić information content (AvgIpc) is 1.90. The van der Waals surface area contributed by atoms with E-state index in [0.717, 1.165) is 6.42 Å². The lowest BCUT2D eigenvalue weighted by Gasteiger charge is -2.19. The van der Waals surface area contributed by atoms with Crippen LogP contribution in [-0.4, -0.2) is 31.7 Å². The Morgan fingerprint density at radius 3 is 2.44 bits per heavy atom. The molecule has 0 aromatic rings. The summed E-state index contributed by atoms with van der Waals surface area (Å²) >= 11 is 0. The van der Waals surface area contributed by atoms with E-state index >= 15 is 0 Å². The molecule has 0 saturated carbocycles. The fourth-order valence-electron chi connectivity index (χ4n) is 0.657. The van der Waals surface area contributed by atoms with Gasteiger partial charge in [0.25, 0.3) is 0 Å². The summed E-state index contributed by atoms with van der Waals surface area (Å²) in [6.45, 7) is 1.95. The molecular weight excluding hydrogens is 118 g/mol. The summed E-state index contributed by atoms with van der Waals surface area (Å²) < 4.78 is 4.92. The molecule has 53 valence electrons. The molecule has 1 radical (unpaired) electrons. The highest BCUT2D eigenvalue weighted by molar-refractivity contribution is 5.47. The normalized spacial score (nSPS) is 12.8. The van der Waals surface area contributed by atoms with E-state index < -0.39 is 0 Å². The number of nitrogens with zero attached hydrogens (tertiary/aromatic N) is 1. The van der Waals surface area contributed by atoms with Crippen molar-refractivity contribution in [2.45, 2.75) is 19.6 Å². The zero-order chi connectivity index (χ0) is 7.28.